The fourth-order valence-corrected chi connectivity index (χ4v) is 3.32. The molecule has 2 rings (SSSR count). The molecule has 0 unspecified atom stereocenters. The van der Waals surface area contributed by atoms with Crippen LogP contribution in [0, 0.1) is 34.6 Å². The van der Waals surface area contributed by atoms with Gasteiger partial charge in [0.2, 0.25) is 0 Å². The van der Waals surface area contributed by atoms with Crippen molar-refractivity contribution in [3.05, 3.63) is 33.4 Å². The summed E-state index contributed by atoms with van der Waals surface area (Å²) in [7, 11) is 0. The van der Waals surface area contributed by atoms with Gasteiger partial charge in [0.05, 0.1) is 13.1 Å². The first-order valence-corrected chi connectivity index (χ1v) is 7.41. The van der Waals surface area contributed by atoms with Crippen molar-refractivity contribution in [2.45, 2.75) is 60.4 Å². The Labute approximate surface area is 112 Å². The van der Waals surface area contributed by atoms with Crippen molar-refractivity contribution in [3.8, 4) is 0 Å². The third kappa shape index (κ3) is 2.47. The van der Waals surface area contributed by atoms with E-state index in [-0.39, 0.29) is 0 Å². The Kier molecular flexibility index (Phi) is 4.11. The largest absolute Gasteiger partial charge is 0.331 e. The van der Waals surface area contributed by atoms with Crippen molar-refractivity contribution in [1.82, 2.24) is 0 Å². The number of benzene rings is 1. The summed E-state index contributed by atoms with van der Waals surface area (Å²) in [5, 5.41) is 0. The van der Waals surface area contributed by atoms with E-state index in [2.05, 4.69) is 34.6 Å². The molecule has 1 aromatic rings. The Morgan fingerprint density at radius 1 is 0.667 bits per heavy atom. The van der Waals surface area contributed by atoms with Crippen LogP contribution in [-0.2, 0) is 6.54 Å². The van der Waals surface area contributed by atoms with Crippen molar-refractivity contribution in [2.24, 2.45) is 0 Å². The summed E-state index contributed by atoms with van der Waals surface area (Å²) in [5.74, 6) is 0. The lowest BCUT2D eigenvalue weighted by Gasteiger charge is -2.26. The SMILES string of the molecule is Cc1c(C)c(C)c(C[NH+]2CCCCC2)c(C)c1C. The third-order valence-corrected chi connectivity index (χ3v) is 5.14. The lowest BCUT2D eigenvalue weighted by Crippen LogP contribution is -3.11. The molecule has 18 heavy (non-hydrogen) atoms. The Morgan fingerprint density at radius 3 is 1.61 bits per heavy atom. The monoisotopic (exact) mass is 246 g/mol. The molecule has 1 aliphatic heterocycles. The van der Waals surface area contributed by atoms with Crippen LogP contribution in [0.5, 0.6) is 0 Å². The van der Waals surface area contributed by atoms with E-state index in [9.17, 15) is 0 Å². The number of rotatable bonds is 2. The highest BCUT2D eigenvalue weighted by Gasteiger charge is 2.19. The first-order chi connectivity index (χ1) is 8.52. The smallest absolute Gasteiger partial charge is 0.103 e. The average molecular weight is 246 g/mol. The lowest BCUT2D eigenvalue weighted by atomic mass is 9.89. The van der Waals surface area contributed by atoms with Gasteiger partial charge in [-0.15, -0.1) is 0 Å². The number of likely N-dealkylation sites (tertiary alicyclic amines) is 1. The molecule has 1 aliphatic rings. The van der Waals surface area contributed by atoms with Gasteiger partial charge in [-0.1, -0.05) is 0 Å². The summed E-state index contributed by atoms with van der Waals surface area (Å²) in [6, 6.07) is 0. The number of hydrogen-bond acceptors (Lipinski definition) is 0. The van der Waals surface area contributed by atoms with Crippen molar-refractivity contribution in [2.75, 3.05) is 13.1 Å². The van der Waals surface area contributed by atoms with Gasteiger partial charge in [0.1, 0.15) is 6.54 Å². The van der Waals surface area contributed by atoms with Gasteiger partial charge in [0.25, 0.3) is 0 Å². The second-order valence-electron chi connectivity index (χ2n) is 6.09. The Balaban J connectivity index is 2.32. The fraction of sp³-hybridized carbons (Fsp3) is 0.647. The van der Waals surface area contributed by atoms with Crippen molar-refractivity contribution >= 4 is 0 Å². The van der Waals surface area contributed by atoms with E-state index in [1.54, 1.807) is 10.5 Å². The molecule has 1 heterocycles. The van der Waals surface area contributed by atoms with E-state index in [1.165, 1.54) is 66.7 Å². The number of piperidine rings is 1. The highest BCUT2D eigenvalue weighted by molar-refractivity contribution is 5.49. The second kappa shape index (κ2) is 5.44. The molecular formula is C17H28N+. The molecule has 1 N–H and O–H groups in total. The standard InChI is InChI=1S/C17H27N/c1-12-13(2)15(4)17(16(5)14(12)3)11-18-9-7-6-8-10-18/h6-11H2,1-5H3/p+1. The molecule has 0 bridgehead atoms. The Morgan fingerprint density at radius 2 is 1.11 bits per heavy atom. The molecule has 0 aromatic heterocycles. The van der Waals surface area contributed by atoms with Gasteiger partial charge in [-0.2, -0.15) is 0 Å². The van der Waals surface area contributed by atoms with Crippen molar-refractivity contribution in [3.63, 3.8) is 0 Å². The van der Waals surface area contributed by atoms with Gasteiger partial charge in [-0.25, -0.2) is 0 Å². The molecule has 0 amide bonds. The first-order valence-electron chi connectivity index (χ1n) is 7.41. The molecule has 1 aromatic carbocycles. The Hall–Kier alpha value is -0.820. The van der Waals surface area contributed by atoms with Gasteiger partial charge >= 0.3 is 0 Å². The van der Waals surface area contributed by atoms with Gasteiger partial charge in [0, 0.05) is 5.56 Å². The van der Waals surface area contributed by atoms with E-state index >= 15 is 0 Å². The maximum absolute atomic E-state index is 2.31. The molecule has 0 spiro atoms. The second-order valence-corrected chi connectivity index (χ2v) is 6.09. The van der Waals surface area contributed by atoms with Gasteiger partial charge in [-0.05, 0) is 81.7 Å². The summed E-state index contributed by atoms with van der Waals surface area (Å²) < 4.78 is 0. The van der Waals surface area contributed by atoms with Crippen LogP contribution >= 0.6 is 0 Å². The molecule has 1 heteroatoms. The quantitative estimate of drug-likeness (QED) is 0.818. The van der Waals surface area contributed by atoms with E-state index < -0.39 is 0 Å². The normalized spacial score (nSPS) is 17.2. The highest BCUT2D eigenvalue weighted by atomic mass is 15.1. The van der Waals surface area contributed by atoms with Crippen LogP contribution in [0.15, 0.2) is 0 Å². The summed E-state index contributed by atoms with van der Waals surface area (Å²) in [6.45, 7) is 15.4. The number of nitrogens with one attached hydrogen (secondary N) is 1. The molecule has 0 radical (unpaired) electrons. The highest BCUT2D eigenvalue weighted by Crippen LogP contribution is 2.25. The van der Waals surface area contributed by atoms with Crippen LogP contribution in [0.2, 0.25) is 0 Å². The lowest BCUT2D eigenvalue weighted by molar-refractivity contribution is -0.918. The maximum Gasteiger partial charge on any atom is 0.103 e. The minimum Gasteiger partial charge on any atom is -0.331 e. The molecule has 1 fully saturated rings. The van der Waals surface area contributed by atoms with E-state index in [4.69, 9.17) is 0 Å². The molecule has 1 nitrogen and oxygen atoms in total. The van der Waals surface area contributed by atoms with Crippen LogP contribution in [-0.4, -0.2) is 13.1 Å². The van der Waals surface area contributed by atoms with Crippen LogP contribution < -0.4 is 4.90 Å². The molecular weight excluding hydrogens is 218 g/mol. The Bertz CT molecular complexity index is 410. The zero-order chi connectivity index (χ0) is 13.3. The summed E-state index contributed by atoms with van der Waals surface area (Å²) in [6.07, 6.45) is 4.27. The predicted molar refractivity (Wildman–Crippen MR) is 78.4 cm³/mol. The van der Waals surface area contributed by atoms with E-state index in [1.807, 2.05) is 0 Å². The van der Waals surface area contributed by atoms with Gasteiger partial charge in [-0.3, -0.25) is 0 Å². The molecule has 1 saturated heterocycles. The molecule has 0 aliphatic carbocycles. The van der Waals surface area contributed by atoms with Gasteiger partial charge < -0.3 is 4.90 Å². The number of quaternary nitrogens is 1. The summed E-state index contributed by atoms with van der Waals surface area (Å²) >= 11 is 0. The minimum absolute atomic E-state index is 1.24. The zero-order valence-electron chi connectivity index (χ0n) is 12.7. The summed E-state index contributed by atoms with van der Waals surface area (Å²) in [5.41, 5.74) is 9.19. The molecule has 0 atom stereocenters. The van der Waals surface area contributed by atoms with Crippen LogP contribution in [0.4, 0.5) is 0 Å². The average Bonchev–Trinajstić information content (AvgIpc) is 2.40. The fourth-order valence-electron chi connectivity index (χ4n) is 3.32. The summed E-state index contributed by atoms with van der Waals surface area (Å²) in [4.78, 5) is 1.79. The molecule has 0 saturated carbocycles. The van der Waals surface area contributed by atoms with Crippen molar-refractivity contribution in [1.29, 1.82) is 0 Å². The molecule has 100 valence electrons. The van der Waals surface area contributed by atoms with Crippen LogP contribution in [0.25, 0.3) is 0 Å². The third-order valence-electron chi connectivity index (χ3n) is 5.14. The predicted octanol–water partition coefficient (Wildman–Crippen LogP) is 2.80. The maximum atomic E-state index is 2.31. The van der Waals surface area contributed by atoms with Crippen LogP contribution in [0.3, 0.4) is 0 Å². The minimum atomic E-state index is 1.24. The topological polar surface area (TPSA) is 4.44 Å². The number of hydrogen-bond donors (Lipinski definition) is 1. The zero-order valence-corrected chi connectivity index (χ0v) is 12.7. The first kappa shape index (κ1) is 13.6. The van der Waals surface area contributed by atoms with E-state index in [0.29, 0.717) is 0 Å². The van der Waals surface area contributed by atoms with E-state index in [0.717, 1.165) is 0 Å². The van der Waals surface area contributed by atoms with Crippen molar-refractivity contribution < 1.29 is 4.90 Å². The van der Waals surface area contributed by atoms with Crippen LogP contribution in [0.1, 0.15) is 52.6 Å². The van der Waals surface area contributed by atoms with Gasteiger partial charge in [0.15, 0.2) is 0 Å².